The first-order valence-electron chi connectivity index (χ1n) is 10.5. The zero-order chi connectivity index (χ0) is 21.7. The average molecular weight is 422 g/mol. The van der Waals surface area contributed by atoms with Crippen molar-refractivity contribution >= 4 is 23.9 Å². The molecule has 5 nitrogen and oxygen atoms in total. The molecule has 0 amide bonds. The lowest BCUT2D eigenvalue weighted by Crippen LogP contribution is -2.24. The summed E-state index contributed by atoms with van der Waals surface area (Å²) in [5, 5.41) is 0. The first-order valence-corrected chi connectivity index (χ1v) is 10.5. The second kappa shape index (κ2) is 7.24. The van der Waals surface area contributed by atoms with Gasteiger partial charge in [0.25, 0.3) is 0 Å². The van der Waals surface area contributed by atoms with Gasteiger partial charge < -0.3 is 14.2 Å². The van der Waals surface area contributed by atoms with Crippen LogP contribution in [0.25, 0.3) is 12.2 Å². The highest BCUT2D eigenvalue weighted by Crippen LogP contribution is 2.50. The number of benzene rings is 3. The van der Waals surface area contributed by atoms with Crippen LogP contribution in [0.2, 0.25) is 0 Å². The Morgan fingerprint density at radius 1 is 0.844 bits per heavy atom. The van der Waals surface area contributed by atoms with E-state index in [0.717, 1.165) is 28.0 Å². The van der Waals surface area contributed by atoms with Gasteiger partial charge in [-0.05, 0) is 41.5 Å². The van der Waals surface area contributed by atoms with Crippen LogP contribution >= 0.6 is 0 Å². The standard InChI is InChI=1S/C27H18O5/c28-24-14-20(18-13-17-8-4-5-9-21(17)30-15-18)25-22(31-24)11-10-19-26(29)23(32-27(19)25)12-16-6-2-1-3-7-16/h1-13,20H,14-15H2/b23-12-/t20-/m0/s1. The summed E-state index contributed by atoms with van der Waals surface area (Å²) in [5.74, 6) is 1.18. The summed E-state index contributed by atoms with van der Waals surface area (Å²) in [6.45, 7) is 0.360. The van der Waals surface area contributed by atoms with E-state index in [-0.39, 0.29) is 29.9 Å². The molecule has 0 saturated heterocycles. The minimum atomic E-state index is -0.313. The van der Waals surface area contributed by atoms with Crippen LogP contribution in [0.15, 0.2) is 78.1 Å². The van der Waals surface area contributed by atoms with Gasteiger partial charge in [-0.15, -0.1) is 0 Å². The Kier molecular flexibility index (Phi) is 4.21. The van der Waals surface area contributed by atoms with Crippen LogP contribution in [0.5, 0.6) is 17.2 Å². The smallest absolute Gasteiger partial charge is 0.312 e. The number of ketones is 1. The fraction of sp³-hybridized carbons (Fsp3) is 0.111. The predicted octanol–water partition coefficient (Wildman–Crippen LogP) is 5.17. The number of para-hydroxylation sites is 1. The minimum absolute atomic E-state index is 0.163. The molecule has 0 radical (unpaired) electrons. The van der Waals surface area contributed by atoms with Crippen LogP contribution in [-0.2, 0) is 4.79 Å². The van der Waals surface area contributed by atoms with Gasteiger partial charge in [0.2, 0.25) is 5.78 Å². The number of ether oxygens (including phenoxy) is 3. The molecular weight excluding hydrogens is 404 g/mol. The third kappa shape index (κ3) is 3.02. The van der Waals surface area contributed by atoms with Crippen molar-refractivity contribution < 1.29 is 23.8 Å². The maximum Gasteiger partial charge on any atom is 0.312 e. The number of rotatable bonds is 2. The summed E-state index contributed by atoms with van der Waals surface area (Å²) >= 11 is 0. The summed E-state index contributed by atoms with van der Waals surface area (Å²) in [6.07, 6.45) is 3.96. The summed E-state index contributed by atoms with van der Waals surface area (Å²) in [7, 11) is 0. The molecule has 3 aliphatic rings. The van der Waals surface area contributed by atoms with Crippen molar-refractivity contribution in [2.45, 2.75) is 12.3 Å². The highest BCUT2D eigenvalue weighted by Gasteiger charge is 2.39. The quantitative estimate of drug-likeness (QED) is 0.324. The molecule has 0 aliphatic carbocycles. The molecule has 1 atom stereocenters. The number of carbonyl (C=O) groups excluding carboxylic acids is 2. The molecule has 0 spiro atoms. The van der Waals surface area contributed by atoms with Crippen molar-refractivity contribution in [2.75, 3.05) is 6.61 Å². The molecule has 0 saturated carbocycles. The molecule has 6 rings (SSSR count). The van der Waals surface area contributed by atoms with Crippen LogP contribution in [-0.4, -0.2) is 18.4 Å². The van der Waals surface area contributed by atoms with Gasteiger partial charge >= 0.3 is 5.97 Å². The number of hydrogen-bond donors (Lipinski definition) is 0. The molecule has 32 heavy (non-hydrogen) atoms. The van der Waals surface area contributed by atoms with Crippen LogP contribution in [0.1, 0.15) is 39.4 Å². The van der Waals surface area contributed by atoms with Gasteiger partial charge in [-0.3, -0.25) is 9.59 Å². The van der Waals surface area contributed by atoms with Crippen molar-refractivity contribution in [3.63, 3.8) is 0 Å². The van der Waals surface area contributed by atoms with Crippen molar-refractivity contribution in [2.24, 2.45) is 0 Å². The average Bonchev–Trinajstić information content (AvgIpc) is 3.14. The Labute approximate surface area is 184 Å². The summed E-state index contributed by atoms with van der Waals surface area (Å²) in [6, 6.07) is 20.7. The van der Waals surface area contributed by atoms with Gasteiger partial charge in [0, 0.05) is 17.0 Å². The third-order valence-electron chi connectivity index (χ3n) is 5.98. The van der Waals surface area contributed by atoms with Crippen molar-refractivity contribution in [1.82, 2.24) is 0 Å². The first-order chi connectivity index (χ1) is 15.7. The Bertz CT molecular complexity index is 1330. The molecule has 0 N–H and O–H groups in total. The molecule has 0 bridgehead atoms. The van der Waals surface area contributed by atoms with Crippen LogP contribution in [0, 0.1) is 0 Å². The number of hydrogen-bond acceptors (Lipinski definition) is 5. The lowest BCUT2D eigenvalue weighted by Gasteiger charge is -2.29. The number of allylic oxidation sites excluding steroid dienone is 1. The topological polar surface area (TPSA) is 61.8 Å². The number of Topliss-reactive ketones (excluding diaryl/α,β-unsaturated/α-hetero) is 1. The van der Waals surface area contributed by atoms with Crippen LogP contribution in [0.3, 0.4) is 0 Å². The summed E-state index contributed by atoms with van der Waals surface area (Å²) < 4.78 is 17.6. The Hall–Kier alpha value is -4.12. The van der Waals surface area contributed by atoms with Crippen molar-refractivity contribution in [3.8, 4) is 17.2 Å². The normalized spacial score (nSPS) is 19.8. The molecule has 0 aromatic heterocycles. The van der Waals surface area contributed by atoms with E-state index in [1.807, 2.05) is 54.6 Å². The lowest BCUT2D eigenvalue weighted by molar-refractivity contribution is -0.135. The van der Waals surface area contributed by atoms with E-state index >= 15 is 0 Å². The third-order valence-corrected chi connectivity index (χ3v) is 5.98. The summed E-state index contributed by atoms with van der Waals surface area (Å²) in [4.78, 5) is 25.4. The van der Waals surface area contributed by atoms with E-state index in [2.05, 4.69) is 6.08 Å². The zero-order valence-electron chi connectivity index (χ0n) is 17.0. The fourth-order valence-electron chi connectivity index (χ4n) is 4.46. The zero-order valence-corrected chi connectivity index (χ0v) is 17.0. The number of esters is 1. The van der Waals surface area contributed by atoms with Crippen LogP contribution < -0.4 is 14.2 Å². The predicted molar refractivity (Wildman–Crippen MR) is 119 cm³/mol. The maximum atomic E-state index is 13.1. The van der Waals surface area contributed by atoms with Crippen molar-refractivity contribution in [1.29, 1.82) is 0 Å². The highest BCUT2D eigenvalue weighted by molar-refractivity contribution is 6.15. The lowest BCUT2D eigenvalue weighted by atomic mass is 9.83. The molecule has 3 heterocycles. The van der Waals surface area contributed by atoms with E-state index < -0.39 is 0 Å². The molecule has 5 heteroatoms. The van der Waals surface area contributed by atoms with E-state index in [4.69, 9.17) is 14.2 Å². The second-order valence-electron chi connectivity index (χ2n) is 7.98. The molecule has 0 fully saturated rings. The molecule has 3 aliphatic heterocycles. The Morgan fingerprint density at radius 3 is 2.53 bits per heavy atom. The molecular formula is C27H18O5. The van der Waals surface area contributed by atoms with Gasteiger partial charge in [0.15, 0.2) is 5.76 Å². The van der Waals surface area contributed by atoms with Gasteiger partial charge in [-0.25, -0.2) is 0 Å². The van der Waals surface area contributed by atoms with Gasteiger partial charge in [-0.2, -0.15) is 0 Å². The van der Waals surface area contributed by atoms with Crippen LogP contribution in [0.4, 0.5) is 0 Å². The van der Waals surface area contributed by atoms with E-state index in [9.17, 15) is 9.59 Å². The molecule has 3 aromatic rings. The number of carbonyl (C=O) groups is 2. The largest absolute Gasteiger partial charge is 0.489 e. The molecule has 3 aromatic carbocycles. The van der Waals surface area contributed by atoms with Crippen molar-refractivity contribution in [3.05, 3.63) is 100 Å². The van der Waals surface area contributed by atoms with E-state index in [1.54, 1.807) is 18.2 Å². The Balaban J connectivity index is 1.45. The molecule has 156 valence electrons. The van der Waals surface area contributed by atoms with Gasteiger partial charge in [0.1, 0.15) is 23.9 Å². The van der Waals surface area contributed by atoms with E-state index in [1.165, 1.54) is 0 Å². The van der Waals surface area contributed by atoms with E-state index in [0.29, 0.717) is 23.7 Å². The first kappa shape index (κ1) is 18.6. The minimum Gasteiger partial charge on any atom is -0.489 e. The maximum absolute atomic E-state index is 13.1. The second-order valence-corrected chi connectivity index (χ2v) is 7.98. The molecule has 0 unspecified atom stereocenters. The fourth-order valence-corrected chi connectivity index (χ4v) is 4.46. The SMILES string of the molecule is O=C1C[C@@H](C2=Cc3ccccc3OC2)c2c(ccc3c2O/C(=C\c2ccccc2)C3=O)O1. The Morgan fingerprint density at radius 2 is 1.66 bits per heavy atom. The van der Waals surface area contributed by atoms with Gasteiger partial charge in [0.05, 0.1) is 12.0 Å². The van der Waals surface area contributed by atoms with Gasteiger partial charge in [-0.1, -0.05) is 48.5 Å². The number of fused-ring (bicyclic) bond motifs is 4. The highest BCUT2D eigenvalue weighted by atomic mass is 16.5. The summed E-state index contributed by atoms with van der Waals surface area (Å²) in [5.41, 5.74) is 3.99. The monoisotopic (exact) mass is 422 g/mol.